The van der Waals surface area contributed by atoms with Gasteiger partial charge in [-0.05, 0) is 32.0 Å². The number of hydrogen-bond acceptors (Lipinski definition) is 4. The Morgan fingerprint density at radius 3 is 2.88 bits per heavy atom. The smallest absolute Gasteiger partial charge is 0.340 e. The van der Waals surface area contributed by atoms with Crippen LogP contribution in [0.2, 0.25) is 0 Å². The molecule has 1 aromatic rings. The van der Waals surface area contributed by atoms with Gasteiger partial charge < -0.3 is 15.2 Å². The third kappa shape index (κ3) is 4.36. The highest BCUT2D eigenvalue weighted by Crippen LogP contribution is 2.19. The van der Waals surface area contributed by atoms with E-state index in [4.69, 9.17) is 15.2 Å². The molecule has 0 bridgehead atoms. The molecule has 0 aliphatic carbocycles. The van der Waals surface area contributed by atoms with Gasteiger partial charge in [0.1, 0.15) is 6.10 Å². The quantitative estimate of drug-likeness (QED) is 0.671. The van der Waals surface area contributed by atoms with Crippen LogP contribution in [0.25, 0.3) is 0 Å². The van der Waals surface area contributed by atoms with E-state index in [1.165, 1.54) is 0 Å². The molecular weight excluding hydrogens is 286 g/mol. The molecule has 0 saturated carbocycles. The van der Waals surface area contributed by atoms with Crippen molar-refractivity contribution in [2.45, 2.75) is 20.0 Å². The molecular formula is C12H16BrNO3. The molecule has 0 amide bonds. The van der Waals surface area contributed by atoms with Gasteiger partial charge in [0.15, 0.2) is 0 Å². The highest BCUT2D eigenvalue weighted by atomic mass is 79.9. The molecule has 0 heterocycles. The van der Waals surface area contributed by atoms with E-state index in [1.54, 1.807) is 25.1 Å². The van der Waals surface area contributed by atoms with E-state index in [9.17, 15) is 4.79 Å². The van der Waals surface area contributed by atoms with Crippen molar-refractivity contribution in [3.8, 4) is 0 Å². The molecule has 1 aromatic carbocycles. The van der Waals surface area contributed by atoms with E-state index in [-0.39, 0.29) is 6.10 Å². The number of anilines is 1. The number of carbonyl (C=O) groups is 1. The lowest BCUT2D eigenvalue weighted by atomic mass is 10.2. The second-order valence-electron chi connectivity index (χ2n) is 3.61. The van der Waals surface area contributed by atoms with Crippen LogP contribution in [0, 0.1) is 0 Å². The van der Waals surface area contributed by atoms with Gasteiger partial charge in [0.2, 0.25) is 0 Å². The first-order valence-corrected chi connectivity index (χ1v) is 6.17. The van der Waals surface area contributed by atoms with E-state index in [1.807, 2.05) is 6.92 Å². The average Bonchev–Trinajstić information content (AvgIpc) is 2.29. The van der Waals surface area contributed by atoms with Crippen LogP contribution in [0.1, 0.15) is 24.2 Å². The van der Waals surface area contributed by atoms with Crippen molar-refractivity contribution in [2.75, 3.05) is 18.9 Å². The van der Waals surface area contributed by atoms with Gasteiger partial charge in [0, 0.05) is 16.8 Å². The maximum atomic E-state index is 11.8. The summed E-state index contributed by atoms with van der Waals surface area (Å²) in [5.74, 6) is -0.434. The molecule has 1 rings (SSSR count). The largest absolute Gasteiger partial charge is 0.457 e. The molecule has 5 heteroatoms. The minimum atomic E-state index is -0.434. The van der Waals surface area contributed by atoms with Gasteiger partial charge >= 0.3 is 5.97 Å². The fourth-order valence-corrected chi connectivity index (χ4v) is 1.63. The Labute approximate surface area is 109 Å². The van der Waals surface area contributed by atoms with Crippen molar-refractivity contribution < 1.29 is 14.3 Å². The third-order valence-electron chi connectivity index (χ3n) is 2.10. The molecule has 94 valence electrons. The SMILES string of the molecule is CCOCC(C)OC(=O)c1cc(Br)ccc1N. The van der Waals surface area contributed by atoms with Gasteiger partial charge in [-0.1, -0.05) is 15.9 Å². The number of ether oxygens (including phenoxy) is 2. The van der Waals surface area contributed by atoms with E-state index in [0.29, 0.717) is 24.5 Å². The van der Waals surface area contributed by atoms with Crippen molar-refractivity contribution in [1.29, 1.82) is 0 Å². The molecule has 0 saturated heterocycles. The van der Waals surface area contributed by atoms with Crippen molar-refractivity contribution in [1.82, 2.24) is 0 Å². The first kappa shape index (κ1) is 14.0. The topological polar surface area (TPSA) is 61.5 Å². The number of halogens is 1. The van der Waals surface area contributed by atoms with Crippen molar-refractivity contribution in [3.05, 3.63) is 28.2 Å². The van der Waals surface area contributed by atoms with E-state index in [0.717, 1.165) is 4.47 Å². The molecule has 0 fully saturated rings. The average molecular weight is 302 g/mol. The lowest BCUT2D eigenvalue weighted by molar-refractivity contribution is 0.00449. The number of rotatable bonds is 5. The predicted molar refractivity (Wildman–Crippen MR) is 69.9 cm³/mol. The molecule has 4 nitrogen and oxygen atoms in total. The summed E-state index contributed by atoms with van der Waals surface area (Å²) in [7, 11) is 0. The summed E-state index contributed by atoms with van der Waals surface area (Å²) in [5, 5.41) is 0. The number of hydrogen-bond donors (Lipinski definition) is 1. The molecule has 2 N–H and O–H groups in total. The van der Waals surface area contributed by atoms with Crippen LogP contribution in [-0.2, 0) is 9.47 Å². The summed E-state index contributed by atoms with van der Waals surface area (Å²) in [5.41, 5.74) is 6.48. The summed E-state index contributed by atoms with van der Waals surface area (Å²) < 4.78 is 11.2. The monoisotopic (exact) mass is 301 g/mol. The zero-order valence-corrected chi connectivity index (χ0v) is 11.5. The number of nitrogen functional groups attached to an aromatic ring is 1. The molecule has 1 unspecified atom stereocenters. The molecule has 0 aliphatic rings. The second kappa shape index (κ2) is 6.61. The lowest BCUT2D eigenvalue weighted by Gasteiger charge is -2.14. The maximum absolute atomic E-state index is 11.8. The van der Waals surface area contributed by atoms with E-state index < -0.39 is 5.97 Å². The lowest BCUT2D eigenvalue weighted by Crippen LogP contribution is -2.21. The zero-order valence-electron chi connectivity index (χ0n) is 9.90. The predicted octanol–water partition coefficient (Wildman–Crippen LogP) is 2.61. The Kier molecular flexibility index (Phi) is 5.44. The van der Waals surface area contributed by atoms with Crippen molar-refractivity contribution >= 4 is 27.6 Å². The fourth-order valence-electron chi connectivity index (χ4n) is 1.27. The van der Waals surface area contributed by atoms with Crippen LogP contribution in [-0.4, -0.2) is 25.3 Å². The third-order valence-corrected chi connectivity index (χ3v) is 2.59. The molecule has 0 aliphatic heterocycles. The molecule has 0 spiro atoms. The van der Waals surface area contributed by atoms with Crippen molar-refractivity contribution in [2.24, 2.45) is 0 Å². The summed E-state index contributed by atoms with van der Waals surface area (Å²) in [4.78, 5) is 11.8. The molecule has 17 heavy (non-hydrogen) atoms. The van der Waals surface area contributed by atoms with E-state index >= 15 is 0 Å². The van der Waals surface area contributed by atoms with Gasteiger partial charge in [-0.15, -0.1) is 0 Å². The standard InChI is InChI=1S/C12H16BrNO3/c1-3-16-7-8(2)17-12(15)10-6-9(13)4-5-11(10)14/h4-6,8H,3,7,14H2,1-2H3. The first-order valence-electron chi connectivity index (χ1n) is 5.38. The van der Waals surface area contributed by atoms with Gasteiger partial charge in [-0.3, -0.25) is 0 Å². The molecule has 0 aromatic heterocycles. The highest BCUT2D eigenvalue weighted by molar-refractivity contribution is 9.10. The van der Waals surface area contributed by atoms with Gasteiger partial charge in [0.05, 0.1) is 12.2 Å². The van der Waals surface area contributed by atoms with Gasteiger partial charge in [0.25, 0.3) is 0 Å². The summed E-state index contributed by atoms with van der Waals surface area (Å²) in [6, 6.07) is 5.08. The molecule has 1 atom stereocenters. The van der Waals surface area contributed by atoms with Gasteiger partial charge in [-0.2, -0.15) is 0 Å². The number of nitrogens with two attached hydrogens (primary N) is 1. The minimum Gasteiger partial charge on any atom is -0.457 e. The second-order valence-corrected chi connectivity index (χ2v) is 4.52. The van der Waals surface area contributed by atoms with Crippen molar-refractivity contribution in [3.63, 3.8) is 0 Å². The van der Waals surface area contributed by atoms with Crippen LogP contribution < -0.4 is 5.73 Å². The van der Waals surface area contributed by atoms with Crippen LogP contribution in [0.4, 0.5) is 5.69 Å². The van der Waals surface area contributed by atoms with Crippen LogP contribution in [0.5, 0.6) is 0 Å². The Morgan fingerprint density at radius 2 is 2.24 bits per heavy atom. The van der Waals surface area contributed by atoms with Crippen LogP contribution in [0.3, 0.4) is 0 Å². The number of esters is 1. The normalized spacial score (nSPS) is 12.2. The summed E-state index contributed by atoms with van der Waals surface area (Å²) in [6.07, 6.45) is -0.291. The number of benzene rings is 1. The number of carbonyl (C=O) groups excluding carboxylic acids is 1. The Morgan fingerprint density at radius 1 is 1.53 bits per heavy atom. The van der Waals surface area contributed by atoms with Crippen LogP contribution in [0.15, 0.2) is 22.7 Å². The summed E-state index contributed by atoms with van der Waals surface area (Å²) >= 11 is 3.28. The summed E-state index contributed by atoms with van der Waals surface area (Å²) in [6.45, 7) is 4.65. The first-order chi connectivity index (χ1) is 8.04. The fraction of sp³-hybridized carbons (Fsp3) is 0.417. The minimum absolute atomic E-state index is 0.291. The Hall–Kier alpha value is -1.07. The Balaban J connectivity index is 2.66. The highest BCUT2D eigenvalue weighted by Gasteiger charge is 2.15. The van der Waals surface area contributed by atoms with Crippen LogP contribution >= 0.6 is 15.9 Å². The Bertz CT molecular complexity index is 395. The van der Waals surface area contributed by atoms with Gasteiger partial charge in [-0.25, -0.2) is 4.79 Å². The molecule has 0 radical (unpaired) electrons. The zero-order chi connectivity index (χ0) is 12.8. The van der Waals surface area contributed by atoms with E-state index in [2.05, 4.69) is 15.9 Å². The maximum Gasteiger partial charge on any atom is 0.340 e.